The van der Waals surface area contributed by atoms with Gasteiger partial charge in [-0.3, -0.25) is 4.79 Å². The standard InChI is InChI=1S/C17H24N2O2/c1-17(15-8-5-9-18-10-15)13-19(16(20)12-21-17)11-14-6-3-2-4-7-14/h2-4,6-7,15,18H,5,8-13H2,1H3. The predicted octanol–water partition coefficient (Wildman–Crippen LogP) is 1.80. The second-order valence-electron chi connectivity index (χ2n) is 6.38. The fraction of sp³-hybridized carbons (Fsp3) is 0.588. The van der Waals surface area contributed by atoms with Crippen molar-refractivity contribution in [2.24, 2.45) is 5.92 Å². The summed E-state index contributed by atoms with van der Waals surface area (Å²) in [6.45, 7) is 5.82. The van der Waals surface area contributed by atoms with Crippen LogP contribution in [0.25, 0.3) is 0 Å². The van der Waals surface area contributed by atoms with Gasteiger partial charge in [-0.05, 0) is 31.9 Å². The van der Waals surface area contributed by atoms with Crippen LogP contribution in [-0.4, -0.2) is 42.6 Å². The molecule has 2 unspecified atom stereocenters. The number of hydrogen-bond donors (Lipinski definition) is 1. The van der Waals surface area contributed by atoms with Crippen molar-refractivity contribution < 1.29 is 9.53 Å². The number of nitrogens with zero attached hydrogens (tertiary/aromatic N) is 1. The molecule has 4 heteroatoms. The van der Waals surface area contributed by atoms with Gasteiger partial charge in [0.15, 0.2) is 0 Å². The number of carbonyl (C=O) groups is 1. The van der Waals surface area contributed by atoms with Gasteiger partial charge in [-0.1, -0.05) is 30.3 Å². The maximum atomic E-state index is 12.2. The van der Waals surface area contributed by atoms with Crippen LogP contribution in [0.2, 0.25) is 0 Å². The lowest BCUT2D eigenvalue weighted by Gasteiger charge is -2.46. The normalized spacial score (nSPS) is 30.4. The molecule has 2 fully saturated rings. The van der Waals surface area contributed by atoms with Crippen molar-refractivity contribution in [3.05, 3.63) is 35.9 Å². The minimum atomic E-state index is -0.226. The number of morpholine rings is 1. The van der Waals surface area contributed by atoms with Crippen LogP contribution in [0.4, 0.5) is 0 Å². The van der Waals surface area contributed by atoms with Crippen LogP contribution in [0.3, 0.4) is 0 Å². The largest absolute Gasteiger partial charge is 0.363 e. The van der Waals surface area contributed by atoms with Crippen LogP contribution in [-0.2, 0) is 16.1 Å². The van der Waals surface area contributed by atoms with E-state index >= 15 is 0 Å². The van der Waals surface area contributed by atoms with E-state index in [0.29, 0.717) is 19.0 Å². The molecule has 2 aliphatic rings. The molecule has 0 radical (unpaired) electrons. The lowest BCUT2D eigenvalue weighted by atomic mass is 9.82. The topological polar surface area (TPSA) is 41.6 Å². The zero-order valence-electron chi connectivity index (χ0n) is 12.7. The van der Waals surface area contributed by atoms with Gasteiger partial charge in [0.2, 0.25) is 5.91 Å². The molecule has 2 atom stereocenters. The van der Waals surface area contributed by atoms with E-state index in [1.54, 1.807) is 0 Å². The zero-order valence-corrected chi connectivity index (χ0v) is 12.7. The number of rotatable bonds is 3. The molecule has 1 amide bonds. The Morgan fingerprint density at radius 1 is 1.38 bits per heavy atom. The average Bonchev–Trinajstić information content (AvgIpc) is 2.53. The average molecular weight is 288 g/mol. The van der Waals surface area contributed by atoms with E-state index in [-0.39, 0.29) is 18.1 Å². The molecule has 0 aromatic heterocycles. The molecule has 3 rings (SSSR count). The molecule has 2 saturated heterocycles. The number of amides is 1. The van der Waals surface area contributed by atoms with E-state index in [0.717, 1.165) is 13.1 Å². The summed E-state index contributed by atoms with van der Waals surface area (Å²) in [6, 6.07) is 10.2. The third-order valence-electron chi connectivity index (χ3n) is 4.76. The van der Waals surface area contributed by atoms with Crippen molar-refractivity contribution in [3.63, 3.8) is 0 Å². The first kappa shape index (κ1) is 14.5. The first-order valence-corrected chi connectivity index (χ1v) is 7.84. The third kappa shape index (κ3) is 3.27. The summed E-state index contributed by atoms with van der Waals surface area (Å²) in [4.78, 5) is 14.1. The number of piperidine rings is 1. The van der Waals surface area contributed by atoms with Crippen molar-refractivity contribution in [3.8, 4) is 0 Å². The minimum Gasteiger partial charge on any atom is -0.363 e. The number of nitrogens with one attached hydrogen (secondary N) is 1. The van der Waals surface area contributed by atoms with Gasteiger partial charge in [0.05, 0.1) is 12.1 Å². The molecule has 4 nitrogen and oxygen atoms in total. The lowest BCUT2D eigenvalue weighted by molar-refractivity contribution is -0.172. The number of benzene rings is 1. The Morgan fingerprint density at radius 2 is 2.19 bits per heavy atom. The monoisotopic (exact) mass is 288 g/mol. The first-order chi connectivity index (χ1) is 10.2. The summed E-state index contributed by atoms with van der Waals surface area (Å²) in [6.07, 6.45) is 2.37. The summed E-state index contributed by atoms with van der Waals surface area (Å²) in [7, 11) is 0. The van der Waals surface area contributed by atoms with Gasteiger partial charge in [-0.2, -0.15) is 0 Å². The molecule has 0 bridgehead atoms. The Labute approximate surface area is 126 Å². The molecule has 2 heterocycles. The number of ether oxygens (including phenoxy) is 1. The molecule has 0 saturated carbocycles. The Bertz CT molecular complexity index is 485. The summed E-state index contributed by atoms with van der Waals surface area (Å²) in [5, 5.41) is 3.45. The molecule has 2 aliphatic heterocycles. The second kappa shape index (κ2) is 6.16. The van der Waals surface area contributed by atoms with Gasteiger partial charge in [-0.25, -0.2) is 0 Å². The zero-order chi connectivity index (χ0) is 14.7. The van der Waals surface area contributed by atoms with Crippen LogP contribution in [0.5, 0.6) is 0 Å². The summed E-state index contributed by atoms with van der Waals surface area (Å²) >= 11 is 0. The molecular formula is C17H24N2O2. The van der Waals surface area contributed by atoms with E-state index in [4.69, 9.17) is 4.74 Å². The van der Waals surface area contributed by atoms with Crippen molar-refractivity contribution in [1.82, 2.24) is 10.2 Å². The molecule has 1 aromatic carbocycles. The summed E-state index contributed by atoms with van der Waals surface area (Å²) < 4.78 is 5.95. The highest BCUT2D eigenvalue weighted by molar-refractivity contribution is 5.78. The SMILES string of the molecule is CC1(C2CCCNC2)CN(Cc2ccccc2)C(=O)CO1. The Balaban J connectivity index is 1.70. The van der Waals surface area contributed by atoms with Crippen molar-refractivity contribution >= 4 is 5.91 Å². The van der Waals surface area contributed by atoms with E-state index in [1.807, 2.05) is 23.1 Å². The van der Waals surface area contributed by atoms with Crippen LogP contribution in [0.15, 0.2) is 30.3 Å². The minimum absolute atomic E-state index is 0.0973. The van der Waals surface area contributed by atoms with E-state index in [9.17, 15) is 4.79 Å². The first-order valence-electron chi connectivity index (χ1n) is 7.84. The highest BCUT2D eigenvalue weighted by Gasteiger charge is 2.42. The fourth-order valence-electron chi connectivity index (χ4n) is 3.40. The fourth-order valence-corrected chi connectivity index (χ4v) is 3.40. The van der Waals surface area contributed by atoms with Gasteiger partial charge in [-0.15, -0.1) is 0 Å². The highest BCUT2D eigenvalue weighted by Crippen LogP contribution is 2.31. The third-order valence-corrected chi connectivity index (χ3v) is 4.76. The maximum absolute atomic E-state index is 12.2. The van der Waals surface area contributed by atoms with Crippen molar-refractivity contribution in [1.29, 1.82) is 0 Å². The van der Waals surface area contributed by atoms with Crippen molar-refractivity contribution in [2.45, 2.75) is 31.9 Å². The maximum Gasteiger partial charge on any atom is 0.248 e. The summed E-state index contributed by atoms with van der Waals surface area (Å²) in [5.41, 5.74) is 0.952. The Kier molecular flexibility index (Phi) is 4.27. The van der Waals surface area contributed by atoms with Gasteiger partial charge < -0.3 is 15.0 Å². The van der Waals surface area contributed by atoms with Crippen LogP contribution in [0, 0.1) is 5.92 Å². The Morgan fingerprint density at radius 3 is 2.90 bits per heavy atom. The number of carbonyl (C=O) groups excluding carboxylic acids is 1. The molecule has 0 spiro atoms. The smallest absolute Gasteiger partial charge is 0.248 e. The van der Waals surface area contributed by atoms with E-state index in [1.165, 1.54) is 18.4 Å². The van der Waals surface area contributed by atoms with Gasteiger partial charge in [0, 0.05) is 19.0 Å². The van der Waals surface area contributed by atoms with Crippen molar-refractivity contribution in [2.75, 3.05) is 26.2 Å². The van der Waals surface area contributed by atoms with Gasteiger partial charge in [0.25, 0.3) is 0 Å². The molecule has 114 valence electrons. The molecule has 0 aliphatic carbocycles. The molecule has 21 heavy (non-hydrogen) atoms. The van der Waals surface area contributed by atoms with E-state index < -0.39 is 0 Å². The van der Waals surface area contributed by atoms with Gasteiger partial charge in [0.1, 0.15) is 6.61 Å². The van der Waals surface area contributed by atoms with Crippen LogP contribution in [0.1, 0.15) is 25.3 Å². The Hall–Kier alpha value is -1.39. The number of hydrogen-bond acceptors (Lipinski definition) is 3. The summed E-state index contributed by atoms with van der Waals surface area (Å²) in [5.74, 6) is 0.581. The van der Waals surface area contributed by atoms with Crippen LogP contribution >= 0.6 is 0 Å². The molecular weight excluding hydrogens is 264 g/mol. The second-order valence-corrected chi connectivity index (χ2v) is 6.38. The quantitative estimate of drug-likeness (QED) is 0.922. The molecule has 1 N–H and O–H groups in total. The van der Waals surface area contributed by atoms with E-state index in [2.05, 4.69) is 24.4 Å². The molecule has 1 aromatic rings. The van der Waals surface area contributed by atoms with Gasteiger partial charge >= 0.3 is 0 Å². The predicted molar refractivity (Wildman–Crippen MR) is 81.8 cm³/mol. The van der Waals surface area contributed by atoms with Crippen LogP contribution < -0.4 is 5.32 Å². The highest BCUT2D eigenvalue weighted by atomic mass is 16.5. The lowest BCUT2D eigenvalue weighted by Crippen LogP contribution is -2.58.